The van der Waals surface area contributed by atoms with Gasteiger partial charge in [0.05, 0.1) is 24.4 Å². The van der Waals surface area contributed by atoms with Crippen molar-refractivity contribution in [2.75, 3.05) is 20.2 Å². The molecule has 1 heterocycles. The summed E-state index contributed by atoms with van der Waals surface area (Å²) < 4.78 is 17.9. The number of hydrogen-bond donors (Lipinski definition) is 1. The van der Waals surface area contributed by atoms with Crippen molar-refractivity contribution in [2.24, 2.45) is 0 Å². The minimum atomic E-state index is -0.852. The second-order valence-electron chi connectivity index (χ2n) is 7.50. The summed E-state index contributed by atoms with van der Waals surface area (Å²) in [6.45, 7) is 11.0. The molecular weight excluding hydrogens is 321 g/mol. The molecule has 25 heavy (non-hydrogen) atoms. The van der Waals surface area contributed by atoms with E-state index in [1.54, 1.807) is 11.9 Å². The van der Waals surface area contributed by atoms with Crippen molar-refractivity contribution >= 4 is 18.6 Å². The largest absolute Gasteiger partial charge is 0.494 e. The average Bonchev–Trinajstić information content (AvgIpc) is 2.66. The van der Waals surface area contributed by atoms with Crippen molar-refractivity contribution in [1.82, 2.24) is 4.90 Å². The zero-order valence-electron chi connectivity index (χ0n) is 16.0. The molecule has 0 amide bonds. The van der Waals surface area contributed by atoms with Gasteiger partial charge < -0.3 is 19.2 Å². The second-order valence-corrected chi connectivity index (χ2v) is 7.50. The molecule has 1 aromatic carbocycles. The van der Waals surface area contributed by atoms with Gasteiger partial charge in [-0.3, -0.25) is 9.69 Å². The minimum Gasteiger partial charge on any atom is -0.494 e. The van der Waals surface area contributed by atoms with E-state index in [1.807, 2.05) is 52.8 Å². The molecule has 138 valence electrons. The molecule has 1 aliphatic rings. The lowest BCUT2D eigenvalue weighted by Crippen LogP contribution is -2.41. The van der Waals surface area contributed by atoms with Crippen molar-refractivity contribution in [3.63, 3.8) is 0 Å². The number of carboxylic acids is 1. The van der Waals surface area contributed by atoms with E-state index in [0.29, 0.717) is 13.2 Å². The number of rotatable bonds is 7. The first-order chi connectivity index (χ1) is 11.5. The monoisotopic (exact) mass is 349 g/mol. The standard InChI is InChI=1S/C18H28BNO5/c1-7-23-15-9-13(11-20(6)12-16(21)22)8-14(10-15)19-24-17(2,3)18(4,5)25-19/h8-10H,7,11-12H2,1-6H3,(H,21,22). The molecule has 0 atom stereocenters. The molecule has 0 aliphatic carbocycles. The molecule has 0 radical (unpaired) electrons. The van der Waals surface area contributed by atoms with Crippen LogP contribution in [0.25, 0.3) is 0 Å². The zero-order valence-corrected chi connectivity index (χ0v) is 16.0. The molecule has 1 aliphatic heterocycles. The van der Waals surface area contributed by atoms with E-state index in [1.165, 1.54) is 0 Å². The summed E-state index contributed by atoms with van der Waals surface area (Å²) in [6, 6.07) is 5.84. The molecule has 1 aromatic rings. The van der Waals surface area contributed by atoms with Crippen molar-refractivity contribution in [2.45, 2.75) is 52.4 Å². The Morgan fingerprint density at radius 1 is 1.20 bits per heavy atom. The predicted molar refractivity (Wildman–Crippen MR) is 97.3 cm³/mol. The van der Waals surface area contributed by atoms with Gasteiger partial charge in [0, 0.05) is 6.54 Å². The van der Waals surface area contributed by atoms with Crippen molar-refractivity contribution in [3.8, 4) is 5.75 Å². The Bertz CT molecular complexity index is 616. The zero-order chi connectivity index (χ0) is 18.8. The maximum absolute atomic E-state index is 10.9. The predicted octanol–water partition coefficient (Wildman–Crippen LogP) is 1.90. The highest BCUT2D eigenvalue weighted by atomic mass is 16.7. The van der Waals surface area contributed by atoms with Crippen LogP contribution >= 0.6 is 0 Å². The first kappa shape index (κ1) is 19.8. The Kier molecular flexibility index (Phi) is 5.81. The molecule has 1 N–H and O–H groups in total. The van der Waals surface area contributed by atoms with E-state index in [-0.39, 0.29) is 6.54 Å². The Labute approximate surface area is 150 Å². The Hall–Kier alpha value is -1.57. The van der Waals surface area contributed by atoms with Crippen molar-refractivity contribution in [1.29, 1.82) is 0 Å². The molecule has 0 aromatic heterocycles. The van der Waals surface area contributed by atoms with Crippen molar-refractivity contribution in [3.05, 3.63) is 23.8 Å². The quantitative estimate of drug-likeness (QED) is 0.759. The van der Waals surface area contributed by atoms with Crippen LogP contribution in [0.15, 0.2) is 18.2 Å². The molecule has 2 rings (SSSR count). The van der Waals surface area contributed by atoms with E-state index in [9.17, 15) is 4.79 Å². The van der Waals surface area contributed by atoms with Crippen LogP contribution in [0.5, 0.6) is 5.75 Å². The molecule has 0 bridgehead atoms. The summed E-state index contributed by atoms with van der Waals surface area (Å²) in [5.74, 6) is -0.122. The van der Waals surface area contributed by atoms with Crippen LogP contribution in [0.1, 0.15) is 40.2 Å². The summed E-state index contributed by atoms with van der Waals surface area (Å²) in [5, 5.41) is 8.94. The topological polar surface area (TPSA) is 68.2 Å². The van der Waals surface area contributed by atoms with E-state index in [0.717, 1.165) is 16.8 Å². The number of carbonyl (C=O) groups is 1. The van der Waals surface area contributed by atoms with Gasteiger partial charge in [0.15, 0.2) is 0 Å². The fourth-order valence-electron chi connectivity index (χ4n) is 2.74. The highest BCUT2D eigenvalue weighted by molar-refractivity contribution is 6.62. The molecule has 0 unspecified atom stereocenters. The van der Waals surface area contributed by atoms with Crippen LogP contribution in [-0.2, 0) is 20.6 Å². The summed E-state index contributed by atoms with van der Waals surface area (Å²) in [5.41, 5.74) is 1.00. The van der Waals surface area contributed by atoms with Crippen LogP contribution in [0, 0.1) is 0 Å². The normalized spacial score (nSPS) is 18.6. The lowest BCUT2D eigenvalue weighted by atomic mass is 9.78. The summed E-state index contributed by atoms with van der Waals surface area (Å²) in [7, 11) is 1.30. The van der Waals surface area contributed by atoms with E-state index in [4.69, 9.17) is 19.2 Å². The Morgan fingerprint density at radius 3 is 2.32 bits per heavy atom. The molecular formula is C18H28BNO5. The lowest BCUT2D eigenvalue weighted by Gasteiger charge is -2.32. The summed E-state index contributed by atoms with van der Waals surface area (Å²) >= 11 is 0. The molecule has 1 saturated heterocycles. The number of nitrogens with zero attached hydrogens (tertiary/aromatic N) is 1. The van der Waals surface area contributed by atoms with Gasteiger partial charge in [-0.1, -0.05) is 6.07 Å². The summed E-state index contributed by atoms with van der Waals surface area (Å²) in [6.07, 6.45) is 0. The van der Waals surface area contributed by atoms with Gasteiger partial charge in [-0.15, -0.1) is 0 Å². The van der Waals surface area contributed by atoms with E-state index in [2.05, 4.69) is 0 Å². The second kappa shape index (κ2) is 7.36. The van der Waals surface area contributed by atoms with Crippen LogP contribution in [-0.4, -0.2) is 54.5 Å². The molecule has 1 fully saturated rings. The number of benzene rings is 1. The molecule has 7 heteroatoms. The lowest BCUT2D eigenvalue weighted by molar-refractivity contribution is -0.138. The maximum Gasteiger partial charge on any atom is 0.494 e. The van der Waals surface area contributed by atoms with Gasteiger partial charge in [-0.2, -0.15) is 0 Å². The van der Waals surface area contributed by atoms with E-state index < -0.39 is 24.3 Å². The minimum absolute atomic E-state index is 0.0231. The van der Waals surface area contributed by atoms with Crippen LogP contribution in [0.4, 0.5) is 0 Å². The van der Waals surface area contributed by atoms with Crippen LogP contribution < -0.4 is 10.2 Å². The molecule has 0 spiro atoms. The fraction of sp³-hybridized carbons (Fsp3) is 0.611. The maximum atomic E-state index is 10.9. The van der Waals surface area contributed by atoms with Crippen LogP contribution in [0.2, 0.25) is 0 Å². The van der Waals surface area contributed by atoms with Crippen LogP contribution in [0.3, 0.4) is 0 Å². The first-order valence-corrected chi connectivity index (χ1v) is 8.56. The van der Waals surface area contributed by atoms with Crippen molar-refractivity contribution < 1.29 is 23.9 Å². The fourth-order valence-corrected chi connectivity index (χ4v) is 2.74. The smallest absolute Gasteiger partial charge is 0.494 e. The number of aliphatic carboxylic acids is 1. The third-order valence-electron chi connectivity index (χ3n) is 4.68. The van der Waals surface area contributed by atoms with Gasteiger partial charge in [-0.25, -0.2) is 0 Å². The first-order valence-electron chi connectivity index (χ1n) is 8.56. The third kappa shape index (κ3) is 4.74. The average molecular weight is 349 g/mol. The molecule has 0 saturated carbocycles. The Morgan fingerprint density at radius 2 is 1.80 bits per heavy atom. The SMILES string of the molecule is CCOc1cc(CN(C)CC(=O)O)cc(B2OC(C)(C)C(C)(C)O2)c1. The number of ether oxygens (including phenoxy) is 1. The van der Waals surface area contributed by atoms with Gasteiger partial charge in [0.2, 0.25) is 0 Å². The van der Waals surface area contributed by atoms with E-state index >= 15 is 0 Å². The number of carboxylic acid groups (broad SMARTS) is 1. The highest BCUT2D eigenvalue weighted by Crippen LogP contribution is 2.36. The third-order valence-corrected chi connectivity index (χ3v) is 4.68. The van der Waals surface area contributed by atoms with Gasteiger partial charge >= 0.3 is 13.1 Å². The summed E-state index contributed by atoms with van der Waals surface area (Å²) in [4.78, 5) is 12.6. The number of likely N-dealkylation sites (N-methyl/N-ethyl adjacent to an activating group) is 1. The van der Waals surface area contributed by atoms with Gasteiger partial charge in [0.1, 0.15) is 5.75 Å². The highest BCUT2D eigenvalue weighted by Gasteiger charge is 2.51. The van der Waals surface area contributed by atoms with Gasteiger partial charge in [0.25, 0.3) is 0 Å². The Balaban J connectivity index is 2.27. The van der Waals surface area contributed by atoms with Gasteiger partial charge in [-0.05, 0) is 64.8 Å². The molecule has 6 nitrogen and oxygen atoms in total. The number of hydrogen-bond acceptors (Lipinski definition) is 5.